The summed E-state index contributed by atoms with van der Waals surface area (Å²) in [7, 11) is 0. The Balaban J connectivity index is 2.00. The molecule has 0 radical (unpaired) electrons. The van der Waals surface area contributed by atoms with Gasteiger partial charge < -0.3 is 15.4 Å². The van der Waals surface area contributed by atoms with E-state index in [0.29, 0.717) is 12.2 Å². The van der Waals surface area contributed by atoms with Crippen LogP contribution in [0.1, 0.15) is 24.2 Å². The first-order valence-electron chi connectivity index (χ1n) is 6.97. The zero-order valence-electron chi connectivity index (χ0n) is 12.2. The van der Waals surface area contributed by atoms with Crippen molar-refractivity contribution >= 4 is 17.4 Å². The van der Waals surface area contributed by atoms with E-state index in [-0.39, 0.29) is 5.91 Å². The number of aromatic nitrogens is 1. The summed E-state index contributed by atoms with van der Waals surface area (Å²) in [5.74, 6) is 1.36. The maximum absolute atomic E-state index is 12.1. The van der Waals surface area contributed by atoms with Crippen molar-refractivity contribution in [1.82, 2.24) is 4.98 Å². The third-order valence-electron chi connectivity index (χ3n) is 2.81. The number of nitrogens with one attached hydrogen (secondary N) is 2. The van der Waals surface area contributed by atoms with Gasteiger partial charge in [0.1, 0.15) is 11.6 Å². The molecule has 0 saturated carbocycles. The molecule has 0 spiro atoms. The second-order valence-electron chi connectivity index (χ2n) is 4.37. The molecule has 0 unspecified atom stereocenters. The van der Waals surface area contributed by atoms with E-state index < -0.39 is 0 Å². The van der Waals surface area contributed by atoms with Crippen LogP contribution in [0.25, 0.3) is 0 Å². The lowest BCUT2D eigenvalue weighted by Gasteiger charge is -2.07. The summed E-state index contributed by atoms with van der Waals surface area (Å²) >= 11 is 0. The standard InChI is InChI=1S/C16H19N3O2/c1-3-17-15-10-5-12(11-18-15)16(20)19-13-6-8-14(9-7-13)21-4-2/h5-11H,3-4H2,1-2H3,(H,17,18)(H,19,20). The van der Waals surface area contributed by atoms with Gasteiger partial charge in [0.15, 0.2) is 0 Å². The third-order valence-corrected chi connectivity index (χ3v) is 2.81. The number of benzene rings is 1. The van der Waals surface area contributed by atoms with Crippen molar-refractivity contribution < 1.29 is 9.53 Å². The lowest BCUT2D eigenvalue weighted by atomic mass is 10.2. The lowest BCUT2D eigenvalue weighted by molar-refractivity contribution is 0.102. The second kappa shape index (κ2) is 7.28. The van der Waals surface area contributed by atoms with Gasteiger partial charge >= 0.3 is 0 Å². The molecule has 1 aromatic heterocycles. The normalized spacial score (nSPS) is 10.0. The maximum Gasteiger partial charge on any atom is 0.257 e. The molecule has 0 bridgehead atoms. The second-order valence-corrected chi connectivity index (χ2v) is 4.37. The molecule has 5 nitrogen and oxygen atoms in total. The largest absolute Gasteiger partial charge is 0.494 e. The minimum Gasteiger partial charge on any atom is -0.494 e. The predicted molar refractivity (Wildman–Crippen MR) is 84.0 cm³/mol. The minimum atomic E-state index is -0.185. The number of hydrogen-bond acceptors (Lipinski definition) is 4. The van der Waals surface area contributed by atoms with Crippen molar-refractivity contribution in [2.24, 2.45) is 0 Å². The van der Waals surface area contributed by atoms with Crippen molar-refractivity contribution in [2.75, 3.05) is 23.8 Å². The highest BCUT2D eigenvalue weighted by atomic mass is 16.5. The number of carbonyl (C=O) groups is 1. The first-order chi connectivity index (χ1) is 10.2. The van der Waals surface area contributed by atoms with Crippen LogP contribution < -0.4 is 15.4 Å². The number of amides is 1. The fraction of sp³-hybridized carbons (Fsp3) is 0.250. The molecule has 1 heterocycles. The monoisotopic (exact) mass is 285 g/mol. The Bertz CT molecular complexity index is 579. The van der Waals surface area contributed by atoms with Crippen LogP contribution in [-0.2, 0) is 0 Å². The first kappa shape index (κ1) is 14.8. The van der Waals surface area contributed by atoms with Gasteiger partial charge in [-0.1, -0.05) is 0 Å². The Morgan fingerprint density at radius 1 is 1.14 bits per heavy atom. The average Bonchev–Trinajstić information content (AvgIpc) is 2.50. The quantitative estimate of drug-likeness (QED) is 0.855. The minimum absolute atomic E-state index is 0.185. The van der Waals surface area contributed by atoms with E-state index in [1.165, 1.54) is 0 Å². The molecular weight excluding hydrogens is 266 g/mol. The zero-order chi connectivity index (χ0) is 15.1. The summed E-state index contributed by atoms with van der Waals surface area (Å²) in [5, 5.41) is 5.91. The van der Waals surface area contributed by atoms with Crippen LogP contribution in [0.5, 0.6) is 5.75 Å². The molecular formula is C16H19N3O2. The van der Waals surface area contributed by atoms with Gasteiger partial charge in [-0.3, -0.25) is 4.79 Å². The fourth-order valence-corrected chi connectivity index (χ4v) is 1.82. The van der Waals surface area contributed by atoms with Crippen LogP contribution in [-0.4, -0.2) is 24.0 Å². The van der Waals surface area contributed by atoms with Crippen molar-refractivity contribution in [3.63, 3.8) is 0 Å². The zero-order valence-corrected chi connectivity index (χ0v) is 12.2. The van der Waals surface area contributed by atoms with Crippen LogP contribution >= 0.6 is 0 Å². The van der Waals surface area contributed by atoms with E-state index in [0.717, 1.165) is 23.8 Å². The van der Waals surface area contributed by atoms with E-state index in [1.54, 1.807) is 18.3 Å². The third kappa shape index (κ3) is 4.21. The SMILES string of the molecule is CCNc1ccc(C(=O)Nc2ccc(OCC)cc2)cn1. The van der Waals surface area contributed by atoms with Crippen LogP contribution in [0.2, 0.25) is 0 Å². The van der Waals surface area contributed by atoms with Gasteiger partial charge in [0.2, 0.25) is 0 Å². The molecule has 0 aliphatic rings. The molecule has 21 heavy (non-hydrogen) atoms. The number of nitrogens with zero attached hydrogens (tertiary/aromatic N) is 1. The number of hydrogen-bond donors (Lipinski definition) is 2. The van der Waals surface area contributed by atoms with E-state index in [1.807, 2.05) is 38.1 Å². The van der Waals surface area contributed by atoms with E-state index in [4.69, 9.17) is 4.74 Å². The van der Waals surface area contributed by atoms with Gasteiger partial charge in [0.25, 0.3) is 5.91 Å². The molecule has 1 aromatic carbocycles. The number of rotatable bonds is 6. The molecule has 2 rings (SSSR count). The summed E-state index contributed by atoms with van der Waals surface area (Å²) in [6.45, 7) is 5.34. The van der Waals surface area contributed by atoms with Gasteiger partial charge in [-0.15, -0.1) is 0 Å². The van der Waals surface area contributed by atoms with Gasteiger partial charge in [-0.05, 0) is 50.2 Å². The number of pyridine rings is 1. The van der Waals surface area contributed by atoms with Crippen LogP contribution in [0.4, 0.5) is 11.5 Å². The Labute approximate surface area is 124 Å². The molecule has 110 valence electrons. The molecule has 5 heteroatoms. The molecule has 0 fully saturated rings. The summed E-state index contributed by atoms with van der Waals surface area (Å²) in [6.07, 6.45) is 1.56. The van der Waals surface area contributed by atoms with E-state index in [2.05, 4.69) is 15.6 Å². The maximum atomic E-state index is 12.1. The van der Waals surface area contributed by atoms with Gasteiger partial charge in [-0.25, -0.2) is 4.98 Å². The molecule has 0 atom stereocenters. The van der Waals surface area contributed by atoms with Gasteiger partial charge in [-0.2, -0.15) is 0 Å². The fourth-order valence-electron chi connectivity index (χ4n) is 1.82. The van der Waals surface area contributed by atoms with Gasteiger partial charge in [0.05, 0.1) is 12.2 Å². The molecule has 0 aliphatic heterocycles. The molecule has 0 aliphatic carbocycles. The number of carbonyl (C=O) groups excluding carboxylic acids is 1. The topological polar surface area (TPSA) is 63.2 Å². The summed E-state index contributed by atoms with van der Waals surface area (Å²) in [5.41, 5.74) is 1.24. The highest BCUT2D eigenvalue weighted by molar-refractivity contribution is 6.04. The Hall–Kier alpha value is -2.56. The van der Waals surface area contributed by atoms with E-state index in [9.17, 15) is 4.79 Å². The summed E-state index contributed by atoms with van der Waals surface area (Å²) in [4.78, 5) is 16.3. The molecule has 1 amide bonds. The number of anilines is 2. The molecule has 0 saturated heterocycles. The van der Waals surface area contributed by atoms with Gasteiger partial charge in [0, 0.05) is 18.4 Å². The van der Waals surface area contributed by atoms with Crippen molar-refractivity contribution in [3.8, 4) is 5.75 Å². The van der Waals surface area contributed by atoms with Crippen molar-refractivity contribution in [1.29, 1.82) is 0 Å². The first-order valence-corrected chi connectivity index (χ1v) is 6.97. The average molecular weight is 285 g/mol. The van der Waals surface area contributed by atoms with E-state index >= 15 is 0 Å². The Morgan fingerprint density at radius 3 is 2.48 bits per heavy atom. The summed E-state index contributed by atoms with van der Waals surface area (Å²) < 4.78 is 5.36. The lowest BCUT2D eigenvalue weighted by Crippen LogP contribution is -2.12. The Kier molecular flexibility index (Phi) is 5.15. The van der Waals surface area contributed by atoms with Crippen LogP contribution in [0, 0.1) is 0 Å². The van der Waals surface area contributed by atoms with Crippen molar-refractivity contribution in [2.45, 2.75) is 13.8 Å². The molecule has 2 N–H and O–H groups in total. The smallest absolute Gasteiger partial charge is 0.257 e. The van der Waals surface area contributed by atoms with Crippen LogP contribution in [0.3, 0.4) is 0 Å². The van der Waals surface area contributed by atoms with Crippen LogP contribution in [0.15, 0.2) is 42.6 Å². The molecule has 2 aromatic rings. The van der Waals surface area contributed by atoms with Crippen molar-refractivity contribution in [3.05, 3.63) is 48.2 Å². The predicted octanol–water partition coefficient (Wildman–Crippen LogP) is 3.16. The number of ether oxygens (including phenoxy) is 1. The highest BCUT2D eigenvalue weighted by Crippen LogP contribution is 2.16. The highest BCUT2D eigenvalue weighted by Gasteiger charge is 2.06. The Morgan fingerprint density at radius 2 is 1.90 bits per heavy atom. The summed E-state index contributed by atoms with van der Waals surface area (Å²) in [6, 6.07) is 10.8.